The van der Waals surface area contributed by atoms with Crippen molar-refractivity contribution in [1.82, 2.24) is 14.2 Å². The minimum Gasteiger partial charge on any atom is -0.296 e. The third-order valence-electron chi connectivity index (χ3n) is 4.39. The fraction of sp³-hybridized carbons (Fsp3) is 0.389. The highest BCUT2D eigenvalue weighted by atomic mass is 32.2. The molecular weight excluding hydrogens is 322 g/mol. The van der Waals surface area contributed by atoms with Gasteiger partial charge in [-0.25, -0.2) is 8.42 Å². The van der Waals surface area contributed by atoms with Crippen molar-refractivity contribution in [1.29, 1.82) is 0 Å². The first-order valence-electron chi connectivity index (χ1n) is 8.05. The van der Waals surface area contributed by atoms with E-state index in [0.717, 1.165) is 25.2 Å². The van der Waals surface area contributed by atoms with Gasteiger partial charge in [0.15, 0.2) is 0 Å². The summed E-state index contributed by atoms with van der Waals surface area (Å²) in [5, 5.41) is 0. The zero-order valence-corrected chi connectivity index (χ0v) is 14.9. The Hall–Kier alpha value is -1.76. The van der Waals surface area contributed by atoms with Crippen LogP contribution >= 0.6 is 0 Å². The number of rotatable bonds is 6. The van der Waals surface area contributed by atoms with Crippen LogP contribution in [0.4, 0.5) is 0 Å². The van der Waals surface area contributed by atoms with Gasteiger partial charge in [0.2, 0.25) is 10.0 Å². The summed E-state index contributed by atoms with van der Waals surface area (Å²) >= 11 is 0. The molecule has 0 bridgehead atoms. The van der Waals surface area contributed by atoms with E-state index in [1.807, 2.05) is 12.1 Å². The van der Waals surface area contributed by atoms with E-state index in [0.29, 0.717) is 6.54 Å². The molecule has 0 atom stereocenters. The molecule has 2 heterocycles. The minimum atomic E-state index is -3.24. The third-order valence-corrected chi connectivity index (χ3v) is 5.66. The average Bonchev–Trinajstić information content (AvgIpc) is 2.50. The van der Waals surface area contributed by atoms with Crippen molar-refractivity contribution in [3.8, 4) is 0 Å². The molecule has 128 valence electrons. The van der Waals surface area contributed by atoms with Crippen molar-refractivity contribution in [2.24, 2.45) is 0 Å². The monoisotopic (exact) mass is 345 g/mol. The maximum absolute atomic E-state index is 12.2. The molecule has 1 aromatic carbocycles. The molecule has 1 aromatic heterocycles. The van der Waals surface area contributed by atoms with Crippen LogP contribution in [0.2, 0.25) is 0 Å². The molecule has 24 heavy (non-hydrogen) atoms. The molecule has 0 unspecified atom stereocenters. The van der Waals surface area contributed by atoms with Gasteiger partial charge in [-0.05, 0) is 30.2 Å². The number of likely N-dealkylation sites (tertiary alicyclic amines) is 1. The Bertz CT molecular complexity index is 770. The summed E-state index contributed by atoms with van der Waals surface area (Å²) in [6.45, 7) is 4.89. The van der Waals surface area contributed by atoms with Gasteiger partial charge in [-0.1, -0.05) is 29.8 Å². The van der Waals surface area contributed by atoms with Gasteiger partial charge in [-0.2, -0.15) is 4.31 Å². The Labute approximate surface area is 144 Å². The standard InChI is InChI=1S/C18H23N3O2S/c1-15-3-5-16(6-4-15)11-20-13-18(14-20)21(24(2,22)23)12-17-7-9-19-10-8-17/h3-10,18H,11-14H2,1-2H3. The normalized spacial score (nSPS) is 16.3. The number of hydrogen-bond donors (Lipinski definition) is 0. The third kappa shape index (κ3) is 4.20. The summed E-state index contributed by atoms with van der Waals surface area (Å²) in [6, 6.07) is 12.3. The van der Waals surface area contributed by atoms with Gasteiger partial charge >= 0.3 is 0 Å². The minimum absolute atomic E-state index is 0.0404. The lowest BCUT2D eigenvalue weighted by atomic mass is 10.1. The number of nitrogens with zero attached hydrogens (tertiary/aromatic N) is 3. The molecule has 0 N–H and O–H groups in total. The van der Waals surface area contributed by atoms with Gasteiger partial charge < -0.3 is 0 Å². The predicted octanol–water partition coefficient (Wildman–Crippen LogP) is 2.04. The van der Waals surface area contributed by atoms with E-state index < -0.39 is 10.0 Å². The molecule has 1 aliphatic heterocycles. The molecule has 1 aliphatic rings. The lowest BCUT2D eigenvalue weighted by Crippen LogP contribution is -2.59. The summed E-state index contributed by atoms with van der Waals surface area (Å²) in [7, 11) is -3.24. The van der Waals surface area contributed by atoms with E-state index >= 15 is 0 Å². The highest BCUT2D eigenvalue weighted by molar-refractivity contribution is 7.88. The Morgan fingerprint density at radius 3 is 2.29 bits per heavy atom. The van der Waals surface area contributed by atoms with Crippen LogP contribution in [0.25, 0.3) is 0 Å². The van der Waals surface area contributed by atoms with Crippen LogP contribution in [0.3, 0.4) is 0 Å². The molecule has 0 radical (unpaired) electrons. The number of aryl methyl sites for hydroxylation is 1. The number of benzene rings is 1. The van der Waals surface area contributed by atoms with Gasteiger partial charge in [0.1, 0.15) is 0 Å². The van der Waals surface area contributed by atoms with E-state index in [9.17, 15) is 8.42 Å². The summed E-state index contributed by atoms with van der Waals surface area (Å²) in [5.41, 5.74) is 3.48. The molecule has 0 aliphatic carbocycles. The van der Waals surface area contributed by atoms with E-state index in [2.05, 4.69) is 41.1 Å². The maximum atomic E-state index is 12.2. The molecule has 1 fully saturated rings. The van der Waals surface area contributed by atoms with E-state index in [1.54, 1.807) is 16.7 Å². The smallest absolute Gasteiger partial charge is 0.211 e. The molecule has 1 saturated heterocycles. The van der Waals surface area contributed by atoms with Crippen LogP contribution in [-0.4, -0.2) is 48.0 Å². The van der Waals surface area contributed by atoms with Crippen molar-refractivity contribution in [3.05, 3.63) is 65.5 Å². The molecule has 5 nitrogen and oxygen atoms in total. The topological polar surface area (TPSA) is 53.5 Å². The quantitative estimate of drug-likeness (QED) is 0.804. The fourth-order valence-electron chi connectivity index (χ4n) is 2.99. The highest BCUT2D eigenvalue weighted by Crippen LogP contribution is 2.22. The Balaban J connectivity index is 1.61. The molecular formula is C18H23N3O2S. The molecule has 0 saturated carbocycles. The SMILES string of the molecule is Cc1ccc(CN2CC(N(Cc3ccncc3)S(C)(=O)=O)C2)cc1. The van der Waals surface area contributed by atoms with Crippen molar-refractivity contribution in [2.75, 3.05) is 19.3 Å². The second kappa shape index (κ2) is 7.01. The lowest BCUT2D eigenvalue weighted by molar-refractivity contribution is 0.0699. The van der Waals surface area contributed by atoms with Gasteiger partial charge in [0.05, 0.1) is 12.3 Å². The summed E-state index contributed by atoms with van der Waals surface area (Å²) in [4.78, 5) is 6.26. The highest BCUT2D eigenvalue weighted by Gasteiger charge is 2.36. The van der Waals surface area contributed by atoms with Crippen molar-refractivity contribution in [3.63, 3.8) is 0 Å². The zero-order chi connectivity index (χ0) is 17.2. The van der Waals surface area contributed by atoms with Crippen molar-refractivity contribution < 1.29 is 8.42 Å². The summed E-state index contributed by atoms with van der Waals surface area (Å²) in [6.07, 6.45) is 4.68. The Morgan fingerprint density at radius 2 is 1.71 bits per heavy atom. The lowest BCUT2D eigenvalue weighted by Gasteiger charge is -2.44. The first-order valence-corrected chi connectivity index (χ1v) is 9.90. The number of aromatic nitrogens is 1. The van der Waals surface area contributed by atoms with Crippen LogP contribution in [0, 0.1) is 6.92 Å². The average molecular weight is 345 g/mol. The van der Waals surface area contributed by atoms with Crippen molar-refractivity contribution in [2.45, 2.75) is 26.1 Å². The van der Waals surface area contributed by atoms with Crippen LogP contribution < -0.4 is 0 Å². The Kier molecular flexibility index (Phi) is 4.99. The number of sulfonamides is 1. The van der Waals surface area contributed by atoms with Gasteiger partial charge in [-0.3, -0.25) is 9.88 Å². The van der Waals surface area contributed by atoms with Gasteiger partial charge in [0, 0.05) is 38.6 Å². The van der Waals surface area contributed by atoms with Crippen LogP contribution in [0.1, 0.15) is 16.7 Å². The summed E-state index contributed by atoms with van der Waals surface area (Å²) in [5.74, 6) is 0. The number of pyridine rings is 1. The number of hydrogen-bond acceptors (Lipinski definition) is 4. The second-order valence-corrected chi connectivity index (χ2v) is 8.43. The van der Waals surface area contributed by atoms with Gasteiger partial charge in [0.25, 0.3) is 0 Å². The second-order valence-electron chi connectivity index (χ2n) is 6.50. The molecule has 3 rings (SSSR count). The molecule has 6 heteroatoms. The van der Waals surface area contributed by atoms with Crippen molar-refractivity contribution >= 4 is 10.0 Å². The first kappa shape index (κ1) is 17.1. The molecule has 0 amide bonds. The predicted molar refractivity (Wildman–Crippen MR) is 94.9 cm³/mol. The van der Waals surface area contributed by atoms with E-state index in [1.165, 1.54) is 17.4 Å². The maximum Gasteiger partial charge on any atom is 0.211 e. The zero-order valence-electron chi connectivity index (χ0n) is 14.1. The van der Waals surface area contributed by atoms with E-state index in [-0.39, 0.29) is 6.04 Å². The Morgan fingerprint density at radius 1 is 1.08 bits per heavy atom. The van der Waals surface area contributed by atoms with Gasteiger partial charge in [-0.15, -0.1) is 0 Å². The van der Waals surface area contributed by atoms with Crippen LogP contribution in [-0.2, 0) is 23.1 Å². The van der Waals surface area contributed by atoms with E-state index in [4.69, 9.17) is 0 Å². The fourth-order valence-corrected chi connectivity index (χ4v) is 4.05. The van der Waals surface area contributed by atoms with Crippen LogP contribution in [0.5, 0.6) is 0 Å². The van der Waals surface area contributed by atoms with Crippen LogP contribution in [0.15, 0.2) is 48.8 Å². The first-order chi connectivity index (χ1) is 11.4. The molecule has 2 aromatic rings. The molecule has 0 spiro atoms. The summed E-state index contributed by atoms with van der Waals surface area (Å²) < 4.78 is 25.9. The largest absolute Gasteiger partial charge is 0.296 e.